The number of hydrogen-bond donors (Lipinski definition) is 1. The van der Waals surface area contributed by atoms with Gasteiger partial charge in [-0.05, 0) is 43.5 Å². The normalized spacial score (nSPS) is 31.4. The summed E-state index contributed by atoms with van der Waals surface area (Å²) in [5, 5.41) is 3.59. The van der Waals surface area contributed by atoms with Crippen molar-refractivity contribution in [3.63, 3.8) is 0 Å². The highest BCUT2D eigenvalue weighted by molar-refractivity contribution is 6.32. The van der Waals surface area contributed by atoms with Gasteiger partial charge in [0.25, 0.3) is 0 Å². The van der Waals surface area contributed by atoms with Crippen LogP contribution in [0.5, 0.6) is 0 Å². The molecule has 3 amide bonds. The minimum Gasteiger partial charge on any atom is -0.324 e. The van der Waals surface area contributed by atoms with Crippen LogP contribution >= 0.6 is 11.6 Å². The topological polar surface area (TPSA) is 69.7 Å². The highest BCUT2D eigenvalue weighted by Gasteiger charge is 2.74. The summed E-state index contributed by atoms with van der Waals surface area (Å²) >= 11 is 6.33. The van der Waals surface area contributed by atoms with Crippen molar-refractivity contribution < 1.29 is 14.4 Å². The van der Waals surface area contributed by atoms with E-state index in [0.717, 1.165) is 29.5 Å². The second kappa shape index (κ2) is 6.40. The molecule has 0 bridgehead atoms. The van der Waals surface area contributed by atoms with Crippen LogP contribution in [0.25, 0.3) is 0 Å². The first kappa shape index (κ1) is 19.0. The van der Waals surface area contributed by atoms with Gasteiger partial charge in [0.2, 0.25) is 17.7 Å². The van der Waals surface area contributed by atoms with Crippen LogP contribution in [0.4, 0.5) is 5.69 Å². The van der Waals surface area contributed by atoms with E-state index in [9.17, 15) is 14.4 Å². The first-order valence-corrected chi connectivity index (χ1v) is 11.1. The molecule has 0 aromatic heterocycles. The van der Waals surface area contributed by atoms with E-state index >= 15 is 0 Å². The molecule has 4 aliphatic rings. The SMILES string of the molecule is Cc1c(Cl)ccc2c1NC(=O)[C@]21[C@@H]2C(=O)N(Cc3ccccc3)C(=O)[C@@H]2[C@@H]2CCCN21. The predicted molar refractivity (Wildman–Crippen MR) is 115 cm³/mol. The number of rotatable bonds is 2. The van der Waals surface area contributed by atoms with Crippen molar-refractivity contribution in [1.29, 1.82) is 0 Å². The molecule has 2 aromatic carbocycles. The number of likely N-dealkylation sites (tertiary alicyclic amines) is 1. The lowest BCUT2D eigenvalue weighted by molar-refractivity contribution is -0.146. The fraction of sp³-hybridized carbons (Fsp3) is 0.375. The maximum atomic E-state index is 13.8. The van der Waals surface area contributed by atoms with Gasteiger partial charge in [0.15, 0.2) is 0 Å². The number of carbonyl (C=O) groups excluding carboxylic acids is 3. The zero-order valence-corrected chi connectivity index (χ0v) is 17.9. The average Bonchev–Trinajstić information content (AvgIpc) is 3.47. The molecule has 3 saturated heterocycles. The van der Waals surface area contributed by atoms with Gasteiger partial charge < -0.3 is 5.32 Å². The van der Waals surface area contributed by atoms with E-state index in [1.54, 1.807) is 6.07 Å². The van der Waals surface area contributed by atoms with Crippen LogP contribution in [0.3, 0.4) is 0 Å². The maximum absolute atomic E-state index is 13.8. The van der Waals surface area contributed by atoms with E-state index in [2.05, 4.69) is 10.2 Å². The summed E-state index contributed by atoms with van der Waals surface area (Å²) in [7, 11) is 0. The van der Waals surface area contributed by atoms with Gasteiger partial charge in [-0.3, -0.25) is 24.2 Å². The second-order valence-electron chi connectivity index (χ2n) is 8.97. The van der Waals surface area contributed by atoms with E-state index < -0.39 is 17.4 Å². The van der Waals surface area contributed by atoms with Crippen LogP contribution in [-0.4, -0.2) is 40.1 Å². The molecule has 1 N–H and O–H groups in total. The number of carbonyl (C=O) groups is 3. The summed E-state index contributed by atoms with van der Waals surface area (Å²) in [5.74, 6) is -1.82. The largest absolute Gasteiger partial charge is 0.324 e. The zero-order chi connectivity index (χ0) is 21.5. The molecule has 0 aliphatic carbocycles. The number of benzene rings is 2. The van der Waals surface area contributed by atoms with E-state index in [-0.39, 0.29) is 30.3 Å². The number of imide groups is 1. The third-order valence-electron chi connectivity index (χ3n) is 7.64. The molecule has 0 unspecified atom stereocenters. The summed E-state index contributed by atoms with van der Waals surface area (Å²) in [5.41, 5.74) is 2.02. The van der Waals surface area contributed by atoms with Gasteiger partial charge >= 0.3 is 0 Å². The van der Waals surface area contributed by atoms with Crippen LogP contribution in [0.2, 0.25) is 5.02 Å². The summed E-state index contributed by atoms with van der Waals surface area (Å²) in [6.07, 6.45) is 1.72. The van der Waals surface area contributed by atoms with Crippen molar-refractivity contribution >= 4 is 35.0 Å². The van der Waals surface area contributed by atoms with Crippen LogP contribution in [-0.2, 0) is 26.5 Å². The molecule has 158 valence electrons. The standard InChI is InChI=1S/C24H22ClN3O3/c1-13-16(25)10-9-15-20(13)26-23(31)24(15)19-18(17-8-5-11-28(17)24)21(29)27(22(19)30)12-14-6-3-2-4-7-14/h2-4,6-7,9-10,17-19H,5,8,11-12H2,1H3,(H,26,31)/t17-,18+,19-,24+/m0/s1. The van der Waals surface area contributed by atoms with Crippen LogP contribution < -0.4 is 5.32 Å². The Kier molecular flexibility index (Phi) is 3.93. The van der Waals surface area contributed by atoms with Crippen molar-refractivity contribution in [1.82, 2.24) is 9.80 Å². The molecule has 0 radical (unpaired) electrons. The summed E-state index contributed by atoms with van der Waals surface area (Å²) in [6.45, 7) is 2.81. The Bertz CT molecular complexity index is 1150. The molecule has 1 spiro atoms. The van der Waals surface area contributed by atoms with Crippen molar-refractivity contribution in [3.8, 4) is 0 Å². The number of nitrogens with zero attached hydrogens (tertiary/aromatic N) is 2. The first-order chi connectivity index (χ1) is 15.0. The van der Waals surface area contributed by atoms with Gasteiger partial charge in [-0.2, -0.15) is 0 Å². The van der Waals surface area contributed by atoms with Crippen LogP contribution in [0.1, 0.15) is 29.5 Å². The first-order valence-electron chi connectivity index (χ1n) is 10.7. The molecular weight excluding hydrogens is 414 g/mol. The summed E-state index contributed by atoms with van der Waals surface area (Å²) in [4.78, 5) is 44.5. The number of fused-ring (bicyclic) bond motifs is 7. The Morgan fingerprint density at radius 3 is 2.65 bits per heavy atom. The lowest BCUT2D eigenvalue weighted by Gasteiger charge is -2.36. The molecule has 4 atom stereocenters. The van der Waals surface area contributed by atoms with E-state index in [4.69, 9.17) is 11.6 Å². The minimum atomic E-state index is -1.14. The Labute approximate surface area is 185 Å². The third kappa shape index (κ3) is 2.24. The van der Waals surface area contributed by atoms with Gasteiger partial charge in [-0.15, -0.1) is 0 Å². The molecule has 7 heteroatoms. The number of anilines is 1. The Morgan fingerprint density at radius 2 is 1.87 bits per heavy atom. The van der Waals surface area contributed by atoms with Crippen molar-refractivity contribution in [3.05, 3.63) is 64.2 Å². The monoisotopic (exact) mass is 435 g/mol. The lowest BCUT2D eigenvalue weighted by atomic mass is 9.75. The Balaban J connectivity index is 1.51. The zero-order valence-electron chi connectivity index (χ0n) is 17.1. The number of halogens is 1. The smallest absolute Gasteiger partial charge is 0.250 e. The Morgan fingerprint density at radius 1 is 1.10 bits per heavy atom. The highest BCUT2D eigenvalue weighted by Crippen LogP contribution is 2.61. The number of nitrogens with one attached hydrogen (secondary N) is 1. The van der Waals surface area contributed by atoms with Crippen LogP contribution in [0.15, 0.2) is 42.5 Å². The molecule has 3 fully saturated rings. The molecule has 6 rings (SSSR count). The van der Waals surface area contributed by atoms with Gasteiger partial charge in [-0.1, -0.05) is 48.0 Å². The molecule has 6 nitrogen and oxygen atoms in total. The van der Waals surface area contributed by atoms with E-state index in [1.807, 2.05) is 43.3 Å². The van der Waals surface area contributed by atoms with E-state index in [1.165, 1.54) is 4.90 Å². The average molecular weight is 436 g/mol. The molecule has 31 heavy (non-hydrogen) atoms. The van der Waals surface area contributed by atoms with Gasteiger partial charge in [0.05, 0.1) is 24.1 Å². The molecule has 2 aromatic rings. The number of hydrogen-bond acceptors (Lipinski definition) is 4. The van der Waals surface area contributed by atoms with Crippen molar-refractivity contribution in [2.24, 2.45) is 11.8 Å². The van der Waals surface area contributed by atoms with Gasteiger partial charge in [0, 0.05) is 16.6 Å². The minimum absolute atomic E-state index is 0.102. The molecule has 4 aliphatic heterocycles. The van der Waals surface area contributed by atoms with Gasteiger partial charge in [-0.25, -0.2) is 0 Å². The highest BCUT2D eigenvalue weighted by atomic mass is 35.5. The van der Waals surface area contributed by atoms with E-state index in [0.29, 0.717) is 17.3 Å². The lowest BCUT2D eigenvalue weighted by Crippen LogP contribution is -2.54. The fourth-order valence-electron chi connectivity index (χ4n) is 6.37. The second-order valence-corrected chi connectivity index (χ2v) is 9.38. The third-order valence-corrected chi connectivity index (χ3v) is 8.05. The summed E-state index contributed by atoms with van der Waals surface area (Å²) in [6, 6.07) is 13.1. The van der Waals surface area contributed by atoms with Crippen molar-refractivity contribution in [2.45, 2.75) is 37.9 Å². The van der Waals surface area contributed by atoms with Gasteiger partial charge in [0.1, 0.15) is 5.54 Å². The molecular formula is C24H22ClN3O3. The predicted octanol–water partition coefficient (Wildman–Crippen LogP) is 3.08. The molecule has 0 saturated carbocycles. The quantitative estimate of drug-likeness (QED) is 0.736. The maximum Gasteiger partial charge on any atom is 0.250 e. The number of amides is 3. The molecule has 4 heterocycles. The van der Waals surface area contributed by atoms with Crippen molar-refractivity contribution in [2.75, 3.05) is 11.9 Å². The summed E-state index contributed by atoms with van der Waals surface area (Å²) < 4.78 is 0. The Hall–Kier alpha value is -2.70. The fourth-order valence-corrected chi connectivity index (χ4v) is 6.53. The van der Waals surface area contributed by atoms with Crippen LogP contribution in [0, 0.1) is 18.8 Å².